The van der Waals surface area contributed by atoms with Gasteiger partial charge < -0.3 is 39.2 Å². The third kappa shape index (κ3) is 7.05. The van der Waals surface area contributed by atoms with Gasteiger partial charge in [-0.15, -0.1) is 0 Å². The molecule has 10 nitrogen and oxygen atoms in total. The maximum atomic E-state index is 5.25. The lowest BCUT2D eigenvalue weighted by Crippen LogP contribution is -2.25. The van der Waals surface area contributed by atoms with E-state index in [4.69, 9.17) is 8.75 Å². The van der Waals surface area contributed by atoms with Crippen LogP contribution in [0.4, 0.5) is 114 Å². The van der Waals surface area contributed by atoms with Gasteiger partial charge in [-0.2, -0.15) is 8.75 Å². The van der Waals surface area contributed by atoms with Crippen molar-refractivity contribution in [2.45, 2.75) is 0 Å². The Kier molecular flexibility index (Phi) is 10.4. The summed E-state index contributed by atoms with van der Waals surface area (Å²) in [6, 6.07) is 88.2. The predicted octanol–water partition coefficient (Wildman–Crippen LogP) is 19.2. The highest BCUT2D eigenvalue weighted by atomic mass is 32.1. The molecule has 5 heterocycles. The van der Waals surface area contributed by atoms with Gasteiger partial charge in [0.2, 0.25) is 0 Å². The number of aromatic nitrogens is 2. The Hall–Kier alpha value is -10.4. The molecule has 4 aliphatic heterocycles. The molecule has 16 rings (SSSR count). The molecule has 11 heteroatoms. The summed E-state index contributed by atoms with van der Waals surface area (Å²) in [5.41, 5.74) is 27.7. The van der Waals surface area contributed by atoms with Crippen LogP contribution in [0.5, 0.6) is 0 Å². The normalized spacial score (nSPS) is 13.7. The highest BCUT2D eigenvalue weighted by Crippen LogP contribution is 2.58. The molecule has 4 aliphatic rings. The molecule has 0 amide bonds. The van der Waals surface area contributed by atoms with Crippen LogP contribution in [0.3, 0.4) is 0 Å². The van der Waals surface area contributed by atoms with Crippen molar-refractivity contribution in [1.82, 2.24) is 8.75 Å². The van der Waals surface area contributed by atoms with Gasteiger partial charge in [0.1, 0.15) is 11.0 Å². The first-order valence-corrected chi connectivity index (χ1v) is 28.0. The number of fused-ring (bicyclic) bond motifs is 9. The van der Waals surface area contributed by atoms with E-state index in [-0.39, 0.29) is 0 Å². The standard InChI is InChI=1S/C70H52N10S/c1-73-53-21-5-13-29-61(53)77(62-30-14-6-22-54(62)73)47-39-45(40-48(43-47)78-63-31-15-7-23-55(63)74(2)56-24-8-16-32-64(56)78)51-37-38-52(70-69(51)71-81-72-70)46-41-49(79-65-33-17-9-25-57(65)75(3)58-26-10-18-34-66(58)79)44-50(42-46)80-67-35-19-11-27-59(67)76(4)60-28-12-20-36-68(60)80/h5-44H,1-4H3. The van der Waals surface area contributed by atoms with Crippen LogP contribution < -0.4 is 39.2 Å². The van der Waals surface area contributed by atoms with Crippen LogP contribution in [0.2, 0.25) is 0 Å². The van der Waals surface area contributed by atoms with E-state index < -0.39 is 0 Å². The number of para-hydroxylation sites is 16. The monoisotopic (exact) mass is 1060 g/mol. The van der Waals surface area contributed by atoms with Crippen molar-refractivity contribution in [1.29, 1.82) is 0 Å². The molecule has 388 valence electrons. The Morgan fingerprint density at radius 2 is 0.420 bits per heavy atom. The lowest BCUT2D eigenvalue weighted by Gasteiger charge is -2.40. The molecule has 0 radical (unpaired) electrons. The van der Waals surface area contributed by atoms with Crippen LogP contribution in [-0.4, -0.2) is 36.9 Å². The van der Waals surface area contributed by atoms with Gasteiger partial charge in [0.25, 0.3) is 0 Å². The average molecular weight is 1070 g/mol. The van der Waals surface area contributed by atoms with Gasteiger partial charge in [-0.1, -0.05) is 109 Å². The topological polar surface area (TPSA) is 51.7 Å². The zero-order chi connectivity index (χ0) is 54.0. The Morgan fingerprint density at radius 3 is 0.617 bits per heavy atom. The van der Waals surface area contributed by atoms with E-state index in [0.717, 1.165) is 147 Å². The summed E-state index contributed by atoms with van der Waals surface area (Å²) < 4.78 is 10.5. The zero-order valence-corrected chi connectivity index (χ0v) is 45.8. The van der Waals surface area contributed by atoms with Crippen molar-refractivity contribution in [3.63, 3.8) is 0 Å². The molecule has 0 unspecified atom stereocenters. The van der Waals surface area contributed by atoms with Crippen LogP contribution in [0, 0.1) is 0 Å². The Morgan fingerprint density at radius 1 is 0.235 bits per heavy atom. The van der Waals surface area contributed by atoms with Gasteiger partial charge in [0.15, 0.2) is 0 Å². The number of benzene rings is 11. The van der Waals surface area contributed by atoms with E-state index >= 15 is 0 Å². The molecule has 0 saturated carbocycles. The second-order valence-electron chi connectivity index (χ2n) is 21.1. The molecule has 0 N–H and O–H groups in total. The summed E-state index contributed by atoms with van der Waals surface area (Å²) in [5.74, 6) is 0. The largest absolute Gasteiger partial charge is 0.341 e. The van der Waals surface area contributed by atoms with Gasteiger partial charge >= 0.3 is 0 Å². The van der Waals surface area contributed by atoms with E-state index in [1.165, 1.54) is 11.7 Å². The summed E-state index contributed by atoms with van der Waals surface area (Å²) in [6.45, 7) is 0. The number of hydrogen-bond acceptors (Lipinski definition) is 11. The highest BCUT2D eigenvalue weighted by molar-refractivity contribution is 7.00. The minimum Gasteiger partial charge on any atom is -0.341 e. The SMILES string of the molecule is CN1c2ccccc2N(c2cc(-c3ccc(-c4cc(N5c6ccccc6N(C)c6ccccc65)cc(N5c6ccccc6N(C)c6ccccc65)c4)c4nsnc34)cc(N3c4ccccc4N(C)c4ccccc43)c2)c2ccccc21. The molecule has 0 aliphatic carbocycles. The van der Waals surface area contributed by atoms with Crippen LogP contribution in [0.25, 0.3) is 33.3 Å². The van der Waals surface area contributed by atoms with Crippen molar-refractivity contribution in [2.75, 3.05) is 67.4 Å². The smallest absolute Gasteiger partial charge is 0.113 e. The van der Waals surface area contributed by atoms with Crippen LogP contribution in [0.1, 0.15) is 0 Å². The maximum absolute atomic E-state index is 5.25. The molecule has 0 fully saturated rings. The van der Waals surface area contributed by atoms with Gasteiger partial charge in [0, 0.05) is 62.1 Å². The number of rotatable bonds is 6. The zero-order valence-electron chi connectivity index (χ0n) is 45.0. The highest BCUT2D eigenvalue weighted by Gasteiger charge is 2.34. The van der Waals surface area contributed by atoms with Crippen LogP contribution in [-0.2, 0) is 0 Å². The third-order valence-corrected chi connectivity index (χ3v) is 17.3. The molecule has 12 aromatic rings. The van der Waals surface area contributed by atoms with Crippen molar-refractivity contribution in [2.24, 2.45) is 0 Å². The van der Waals surface area contributed by atoms with Crippen molar-refractivity contribution in [3.05, 3.63) is 243 Å². The second kappa shape index (κ2) is 18.1. The van der Waals surface area contributed by atoms with E-state index in [1.807, 2.05) is 0 Å². The van der Waals surface area contributed by atoms with E-state index in [9.17, 15) is 0 Å². The fourth-order valence-corrected chi connectivity index (χ4v) is 13.6. The Bertz CT molecular complexity index is 3820. The number of nitrogens with zero attached hydrogens (tertiary/aromatic N) is 10. The molecular formula is C70H52N10S. The quantitative estimate of drug-likeness (QED) is 0.161. The minimum absolute atomic E-state index is 0.844. The Labute approximate surface area is 475 Å². The molecular weight excluding hydrogens is 1010 g/mol. The second-order valence-corrected chi connectivity index (χ2v) is 21.6. The molecule has 11 aromatic carbocycles. The minimum atomic E-state index is 0.844. The first-order chi connectivity index (χ1) is 39.9. The molecule has 0 spiro atoms. The number of anilines is 20. The van der Waals surface area contributed by atoms with E-state index in [0.29, 0.717) is 0 Å². The lowest BCUT2D eigenvalue weighted by atomic mass is 9.95. The van der Waals surface area contributed by atoms with E-state index in [2.05, 4.69) is 310 Å². The summed E-state index contributed by atoms with van der Waals surface area (Å²) >= 11 is 1.26. The maximum Gasteiger partial charge on any atom is 0.113 e. The third-order valence-electron chi connectivity index (χ3n) is 16.7. The molecule has 0 atom stereocenters. The molecule has 0 bridgehead atoms. The lowest BCUT2D eigenvalue weighted by molar-refractivity contribution is 1.12. The first-order valence-electron chi connectivity index (χ1n) is 27.3. The van der Waals surface area contributed by atoms with Crippen molar-refractivity contribution >= 4 is 137 Å². The van der Waals surface area contributed by atoms with Gasteiger partial charge in [-0.05, 0) is 145 Å². The van der Waals surface area contributed by atoms with Crippen molar-refractivity contribution < 1.29 is 0 Å². The summed E-state index contributed by atoms with van der Waals surface area (Å²) in [6.07, 6.45) is 0. The summed E-state index contributed by atoms with van der Waals surface area (Å²) in [4.78, 5) is 18.9. The summed E-state index contributed by atoms with van der Waals surface area (Å²) in [5, 5.41) is 0. The van der Waals surface area contributed by atoms with Gasteiger partial charge in [0.05, 0.1) is 103 Å². The van der Waals surface area contributed by atoms with E-state index in [1.54, 1.807) is 0 Å². The first kappa shape index (κ1) is 46.7. The van der Waals surface area contributed by atoms with Crippen LogP contribution in [0.15, 0.2) is 243 Å². The van der Waals surface area contributed by atoms with Gasteiger partial charge in [-0.25, -0.2) is 0 Å². The summed E-state index contributed by atoms with van der Waals surface area (Å²) in [7, 11) is 8.64. The van der Waals surface area contributed by atoms with Crippen molar-refractivity contribution in [3.8, 4) is 22.3 Å². The fourth-order valence-electron chi connectivity index (χ4n) is 13.0. The van der Waals surface area contributed by atoms with Gasteiger partial charge in [-0.3, -0.25) is 0 Å². The number of hydrogen-bond donors (Lipinski definition) is 0. The molecule has 1 aromatic heterocycles. The molecule has 0 saturated heterocycles. The average Bonchev–Trinajstić information content (AvgIpc) is 4.17. The predicted molar refractivity (Wildman–Crippen MR) is 339 cm³/mol. The Balaban J connectivity index is 0.930. The van der Waals surface area contributed by atoms with Crippen LogP contribution >= 0.6 is 11.7 Å². The molecule has 81 heavy (non-hydrogen) atoms. The fraction of sp³-hybridized carbons (Fsp3) is 0.0571.